The number of carbonyl (C=O) groups is 1. The average molecular weight is 292 g/mol. The first kappa shape index (κ1) is 17.5. The molecule has 0 aliphatic heterocycles. The first-order valence-corrected chi connectivity index (χ1v) is 7.59. The molecule has 4 nitrogen and oxygen atoms in total. The van der Waals surface area contributed by atoms with Gasteiger partial charge in [-0.2, -0.15) is 0 Å². The highest BCUT2D eigenvalue weighted by Gasteiger charge is 2.23. The van der Waals surface area contributed by atoms with Gasteiger partial charge in [-0.05, 0) is 37.4 Å². The summed E-state index contributed by atoms with van der Waals surface area (Å²) >= 11 is 0. The van der Waals surface area contributed by atoms with E-state index in [-0.39, 0.29) is 11.4 Å². The molecule has 4 heteroatoms. The molecule has 0 bridgehead atoms. The van der Waals surface area contributed by atoms with Crippen LogP contribution in [0.15, 0.2) is 24.3 Å². The van der Waals surface area contributed by atoms with Crippen LogP contribution in [0, 0.1) is 5.41 Å². The molecule has 1 aromatic rings. The van der Waals surface area contributed by atoms with E-state index in [4.69, 9.17) is 4.74 Å². The molecule has 0 aromatic heterocycles. The second-order valence-corrected chi connectivity index (χ2v) is 6.03. The van der Waals surface area contributed by atoms with Crippen molar-refractivity contribution in [1.82, 2.24) is 4.90 Å². The second-order valence-electron chi connectivity index (χ2n) is 6.03. The highest BCUT2D eigenvalue weighted by Crippen LogP contribution is 2.19. The Balaban J connectivity index is 2.54. The molecule has 0 spiro atoms. The summed E-state index contributed by atoms with van der Waals surface area (Å²) < 4.78 is 5.47. The van der Waals surface area contributed by atoms with Crippen molar-refractivity contribution in [1.29, 1.82) is 0 Å². The van der Waals surface area contributed by atoms with Gasteiger partial charge in [-0.15, -0.1) is 0 Å². The third-order valence-electron chi connectivity index (χ3n) is 3.55. The molecule has 0 amide bonds. The van der Waals surface area contributed by atoms with Crippen molar-refractivity contribution in [3.05, 3.63) is 29.8 Å². The minimum absolute atomic E-state index is 0.0490. The number of rotatable bonds is 8. The van der Waals surface area contributed by atoms with E-state index in [1.165, 1.54) is 0 Å². The van der Waals surface area contributed by atoms with Crippen molar-refractivity contribution < 1.29 is 9.53 Å². The third-order valence-corrected chi connectivity index (χ3v) is 3.55. The molecule has 0 saturated heterocycles. The first-order valence-electron chi connectivity index (χ1n) is 7.59. The predicted molar refractivity (Wildman–Crippen MR) is 87.8 cm³/mol. The van der Waals surface area contributed by atoms with Gasteiger partial charge in [0.15, 0.2) is 0 Å². The Morgan fingerprint density at radius 2 is 1.76 bits per heavy atom. The number of nitrogens with zero attached hydrogens (tertiary/aromatic N) is 1. The lowest BCUT2D eigenvalue weighted by molar-refractivity contribution is 0.0274. The molecule has 0 radical (unpaired) electrons. The van der Waals surface area contributed by atoms with Crippen molar-refractivity contribution in [2.45, 2.75) is 27.7 Å². The molecule has 0 saturated carbocycles. The molecule has 0 fully saturated rings. The number of ether oxygens (including phenoxy) is 1. The number of anilines is 1. The number of benzene rings is 1. The lowest BCUT2D eigenvalue weighted by Gasteiger charge is -2.30. The van der Waals surface area contributed by atoms with E-state index in [2.05, 4.69) is 37.9 Å². The quantitative estimate of drug-likeness (QED) is 0.747. The molecule has 0 aliphatic carbocycles. The maximum atomic E-state index is 12.1. The highest BCUT2D eigenvalue weighted by molar-refractivity contribution is 5.89. The topological polar surface area (TPSA) is 41.6 Å². The van der Waals surface area contributed by atoms with Gasteiger partial charge in [0.2, 0.25) is 0 Å². The maximum Gasteiger partial charge on any atom is 0.338 e. The number of esters is 1. The van der Waals surface area contributed by atoms with Crippen molar-refractivity contribution in [2.24, 2.45) is 5.41 Å². The zero-order chi connectivity index (χ0) is 15.9. The van der Waals surface area contributed by atoms with E-state index in [0.29, 0.717) is 12.2 Å². The normalized spacial score (nSPS) is 11.5. The summed E-state index contributed by atoms with van der Waals surface area (Å²) in [4.78, 5) is 14.4. The molecule has 0 atom stereocenters. The van der Waals surface area contributed by atoms with Gasteiger partial charge in [-0.1, -0.05) is 27.7 Å². The lowest BCUT2D eigenvalue weighted by atomic mass is 9.94. The van der Waals surface area contributed by atoms with Gasteiger partial charge in [0, 0.05) is 24.7 Å². The molecule has 0 unspecified atom stereocenters. The minimum Gasteiger partial charge on any atom is -0.461 e. The fraction of sp³-hybridized carbons (Fsp3) is 0.588. The van der Waals surface area contributed by atoms with Gasteiger partial charge in [-0.3, -0.25) is 0 Å². The van der Waals surface area contributed by atoms with Crippen LogP contribution < -0.4 is 5.32 Å². The average Bonchev–Trinajstić information content (AvgIpc) is 2.50. The summed E-state index contributed by atoms with van der Waals surface area (Å²) in [7, 11) is 1.85. The zero-order valence-corrected chi connectivity index (χ0v) is 13.9. The second kappa shape index (κ2) is 8.03. The standard InChI is InChI=1S/C17H28N2O2/c1-6-19(7-2)12-17(3,4)13-21-16(20)14-8-10-15(18-5)11-9-14/h8-11,18H,6-7,12-13H2,1-5H3. The van der Waals surface area contributed by atoms with Crippen LogP contribution in [-0.4, -0.2) is 44.2 Å². The van der Waals surface area contributed by atoms with Crippen LogP contribution in [0.4, 0.5) is 5.69 Å². The van der Waals surface area contributed by atoms with Crippen LogP contribution in [0.1, 0.15) is 38.1 Å². The Kier molecular flexibility index (Phi) is 6.69. The summed E-state index contributed by atoms with van der Waals surface area (Å²) in [6, 6.07) is 7.31. The fourth-order valence-electron chi connectivity index (χ4n) is 2.22. The van der Waals surface area contributed by atoms with Crippen molar-refractivity contribution in [3.63, 3.8) is 0 Å². The van der Waals surface area contributed by atoms with E-state index < -0.39 is 0 Å². The molecular weight excluding hydrogens is 264 g/mol. The molecule has 1 N–H and O–H groups in total. The Morgan fingerprint density at radius 1 is 1.19 bits per heavy atom. The van der Waals surface area contributed by atoms with Crippen LogP contribution in [0.2, 0.25) is 0 Å². The monoisotopic (exact) mass is 292 g/mol. The smallest absolute Gasteiger partial charge is 0.338 e. The SMILES string of the molecule is CCN(CC)CC(C)(C)COC(=O)c1ccc(NC)cc1. The number of nitrogens with one attached hydrogen (secondary N) is 1. The fourth-order valence-corrected chi connectivity index (χ4v) is 2.22. The summed E-state index contributed by atoms with van der Waals surface area (Å²) in [5.74, 6) is -0.259. The van der Waals surface area contributed by atoms with E-state index >= 15 is 0 Å². The maximum absolute atomic E-state index is 12.1. The van der Waals surface area contributed by atoms with Gasteiger partial charge in [0.1, 0.15) is 0 Å². The van der Waals surface area contributed by atoms with Crippen LogP contribution in [-0.2, 0) is 4.74 Å². The van der Waals surface area contributed by atoms with Gasteiger partial charge in [0.25, 0.3) is 0 Å². The Bertz CT molecular complexity index is 437. The summed E-state index contributed by atoms with van der Waals surface area (Å²) in [6.45, 7) is 11.9. The number of carbonyl (C=O) groups excluding carboxylic acids is 1. The summed E-state index contributed by atoms with van der Waals surface area (Å²) in [6.07, 6.45) is 0. The minimum atomic E-state index is -0.259. The molecule has 21 heavy (non-hydrogen) atoms. The predicted octanol–water partition coefficient (Wildman–Crippen LogP) is 3.25. The summed E-state index contributed by atoms with van der Waals surface area (Å²) in [5, 5.41) is 3.03. The Hall–Kier alpha value is -1.55. The van der Waals surface area contributed by atoms with E-state index in [1.54, 1.807) is 12.1 Å². The van der Waals surface area contributed by atoms with Gasteiger partial charge >= 0.3 is 5.97 Å². The molecule has 118 valence electrons. The summed E-state index contributed by atoms with van der Waals surface area (Å²) in [5.41, 5.74) is 1.52. The van der Waals surface area contributed by atoms with E-state index in [1.807, 2.05) is 19.2 Å². The Labute approximate surface area is 128 Å². The zero-order valence-electron chi connectivity index (χ0n) is 13.9. The van der Waals surface area contributed by atoms with Gasteiger partial charge in [0.05, 0.1) is 12.2 Å². The van der Waals surface area contributed by atoms with Gasteiger partial charge < -0.3 is 15.0 Å². The van der Waals surface area contributed by atoms with Crippen molar-refractivity contribution in [3.8, 4) is 0 Å². The van der Waals surface area contributed by atoms with Crippen LogP contribution >= 0.6 is 0 Å². The largest absolute Gasteiger partial charge is 0.461 e. The molecule has 1 rings (SSSR count). The van der Waals surface area contributed by atoms with Gasteiger partial charge in [-0.25, -0.2) is 4.79 Å². The highest BCUT2D eigenvalue weighted by atomic mass is 16.5. The molecule has 1 aromatic carbocycles. The number of hydrogen-bond acceptors (Lipinski definition) is 4. The van der Waals surface area contributed by atoms with E-state index in [9.17, 15) is 4.79 Å². The Morgan fingerprint density at radius 3 is 2.24 bits per heavy atom. The number of hydrogen-bond donors (Lipinski definition) is 1. The van der Waals surface area contributed by atoms with Crippen molar-refractivity contribution >= 4 is 11.7 Å². The lowest BCUT2D eigenvalue weighted by Crippen LogP contribution is -2.37. The van der Waals surface area contributed by atoms with Crippen molar-refractivity contribution in [2.75, 3.05) is 38.6 Å². The third kappa shape index (κ3) is 5.76. The van der Waals surface area contributed by atoms with E-state index in [0.717, 1.165) is 25.3 Å². The van der Waals surface area contributed by atoms with Crippen LogP contribution in [0.5, 0.6) is 0 Å². The van der Waals surface area contributed by atoms with Crippen LogP contribution in [0.3, 0.4) is 0 Å². The molecule has 0 aliphatic rings. The molecular formula is C17H28N2O2. The van der Waals surface area contributed by atoms with Crippen LogP contribution in [0.25, 0.3) is 0 Å². The molecule has 0 heterocycles. The first-order chi connectivity index (χ1) is 9.91.